The predicted octanol–water partition coefficient (Wildman–Crippen LogP) is 15.6. The molecule has 0 aliphatic heterocycles. The van der Waals surface area contributed by atoms with E-state index in [-0.39, 0.29) is 0 Å². The molecule has 0 saturated heterocycles. The van der Waals surface area contributed by atoms with E-state index in [2.05, 4.69) is 240 Å². The summed E-state index contributed by atoms with van der Waals surface area (Å²) in [7, 11) is 0. The summed E-state index contributed by atoms with van der Waals surface area (Å²) >= 11 is 0. The van der Waals surface area contributed by atoms with Gasteiger partial charge in [-0.25, -0.2) is 0 Å². The Hall–Kier alpha value is -7.68. The average molecular weight is 739 g/mol. The first kappa shape index (κ1) is 33.6. The maximum Gasteiger partial charge on any atom is 0.0541 e. The van der Waals surface area contributed by atoms with Crippen LogP contribution in [0.15, 0.2) is 231 Å². The summed E-state index contributed by atoms with van der Waals surface area (Å²) in [6, 6.07) is 83.7. The van der Waals surface area contributed by atoms with Gasteiger partial charge in [-0.05, 0) is 110 Å². The van der Waals surface area contributed by atoms with Crippen LogP contribution in [0.1, 0.15) is 0 Å². The standard InChI is InChI=1S/C56H38N2/c1-2-16-39(17-3-1)41-19-14-21-45(36-41)57(46-22-15-20-42(37-46)53-38-43-18-4-5-23-47(43)49-25-6-7-26-50(49)53)44-34-32-40(33-35-44)48-24-8-11-29-54(48)58-55-30-12-9-27-51(55)52-28-10-13-31-56(52)58/h1-38H. The molecule has 11 aromatic rings. The average Bonchev–Trinajstić information content (AvgIpc) is 3.64. The van der Waals surface area contributed by atoms with E-state index < -0.39 is 0 Å². The molecule has 0 spiro atoms. The van der Waals surface area contributed by atoms with Crippen LogP contribution in [0.4, 0.5) is 17.1 Å². The van der Waals surface area contributed by atoms with Crippen LogP contribution in [0.25, 0.3) is 82.4 Å². The molecule has 0 bridgehead atoms. The van der Waals surface area contributed by atoms with E-state index in [0.29, 0.717) is 0 Å². The van der Waals surface area contributed by atoms with Crippen molar-refractivity contribution >= 4 is 60.4 Å². The summed E-state index contributed by atoms with van der Waals surface area (Å²) in [5.41, 5.74) is 14.0. The van der Waals surface area contributed by atoms with E-state index in [0.717, 1.165) is 28.3 Å². The summed E-state index contributed by atoms with van der Waals surface area (Å²) in [5.74, 6) is 0. The number of fused-ring (bicyclic) bond motifs is 6. The monoisotopic (exact) mass is 738 g/mol. The van der Waals surface area contributed by atoms with Crippen molar-refractivity contribution in [3.8, 4) is 39.1 Å². The third-order valence-electron chi connectivity index (χ3n) is 11.6. The molecule has 11 rings (SSSR count). The molecule has 2 nitrogen and oxygen atoms in total. The summed E-state index contributed by atoms with van der Waals surface area (Å²) in [5, 5.41) is 7.56. The summed E-state index contributed by atoms with van der Waals surface area (Å²) in [6.45, 7) is 0. The van der Waals surface area contributed by atoms with Gasteiger partial charge in [0.2, 0.25) is 0 Å². The molecule has 0 radical (unpaired) electrons. The molecule has 58 heavy (non-hydrogen) atoms. The van der Waals surface area contributed by atoms with E-state index >= 15 is 0 Å². The van der Waals surface area contributed by atoms with Crippen LogP contribution in [-0.2, 0) is 0 Å². The highest BCUT2D eigenvalue weighted by molar-refractivity contribution is 6.14. The Morgan fingerprint density at radius 2 is 0.810 bits per heavy atom. The van der Waals surface area contributed by atoms with E-state index in [4.69, 9.17) is 0 Å². The van der Waals surface area contributed by atoms with Gasteiger partial charge in [0.1, 0.15) is 0 Å². The van der Waals surface area contributed by atoms with Gasteiger partial charge < -0.3 is 9.47 Å². The Morgan fingerprint density at radius 3 is 1.53 bits per heavy atom. The lowest BCUT2D eigenvalue weighted by molar-refractivity contribution is 1.18. The molecular weight excluding hydrogens is 701 g/mol. The number of nitrogens with zero attached hydrogens (tertiary/aromatic N) is 2. The van der Waals surface area contributed by atoms with Gasteiger partial charge in [0.05, 0.1) is 16.7 Å². The van der Waals surface area contributed by atoms with Gasteiger partial charge in [-0.15, -0.1) is 0 Å². The molecule has 0 atom stereocenters. The minimum absolute atomic E-state index is 1.09. The Labute approximate surface area is 338 Å². The number of benzene rings is 10. The molecule has 0 unspecified atom stereocenters. The minimum atomic E-state index is 1.09. The van der Waals surface area contributed by atoms with Crippen LogP contribution >= 0.6 is 0 Å². The van der Waals surface area contributed by atoms with Crippen molar-refractivity contribution in [3.63, 3.8) is 0 Å². The second-order valence-corrected chi connectivity index (χ2v) is 14.9. The van der Waals surface area contributed by atoms with Crippen LogP contribution in [0.2, 0.25) is 0 Å². The Bertz CT molecular complexity index is 3230. The molecule has 0 aliphatic rings. The second kappa shape index (κ2) is 14.1. The van der Waals surface area contributed by atoms with Crippen LogP contribution in [0.3, 0.4) is 0 Å². The third kappa shape index (κ3) is 5.74. The normalized spacial score (nSPS) is 11.4. The zero-order valence-electron chi connectivity index (χ0n) is 31.8. The molecule has 0 N–H and O–H groups in total. The largest absolute Gasteiger partial charge is 0.310 e. The van der Waals surface area contributed by atoms with E-state index in [1.54, 1.807) is 0 Å². The first-order chi connectivity index (χ1) is 28.8. The molecule has 0 saturated carbocycles. The third-order valence-corrected chi connectivity index (χ3v) is 11.6. The smallest absolute Gasteiger partial charge is 0.0541 e. The van der Waals surface area contributed by atoms with Gasteiger partial charge in [-0.3, -0.25) is 0 Å². The van der Waals surface area contributed by atoms with Gasteiger partial charge in [0, 0.05) is 33.4 Å². The highest BCUT2D eigenvalue weighted by atomic mass is 15.1. The molecule has 0 amide bonds. The first-order valence-corrected chi connectivity index (χ1v) is 19.9. The summed E-state index contributed by atoms with van der Waals surface area (Å²) in [6.07, 6.45) is 0. The van der Waals surface area contributed by atoms with E-state index in [1.807, 2.05) is 0 Å². The van der Waals surface area contributed by atoms with Crippen LogP contribution in [0.5, 0.6) is 0 Å². The van der Waals surface area contributed by atoms with Crippen molar-refractivity contribution in [1.82, 2.24) is 4.57 Å². The number of hydrogen-bond acceptors (Lipinski definition) is 1. The molecule has 0 fully saturated rings. The molecule has 272 valence electrons. The quantitative estimate of drug-likeness (QED) is 0.148. The second-order valence-electron chi connectivity index (χ2n) is 14.9. The topological polar surface area (TPSA) is 8.17 Å². The summed E-state index contributed by atoms with van der Waals surface area (Å²) < 4.78 is 2.41. The molecule has 1 aromatic heterocycles. The lowest BCUT2D eigenvalue weighted by atomic mass is 9.93. The fourth-order valence-corrected chi connectivity index (χ4v) is 8.89. The predicted molar refractivity (Wildman–Crippen MR) is 247 cm³/mol. The van der Waals surface area contributed by atoms with Crippen molar-refractivity contribution in [2.75, 3.05) is 4.90 Å². The lowest BCUT2D eigenvalue weighted by Gasteiger charge is -2.27. The molecule has 0 aliphatic carbocycles. The van der Waals surface area contributed by atoms with Crippen molar-refractivity contribution in [3.05, 3.63) is 231 Å². The fourth-order valence-electron chi connectivity index (χ4n) is 8.89. The van der Waals surface area contributed by atoms with Crippen molar-refractivity contribution < 1.29 is 0 Å². The number of anilines is 3. The van der Waals surface area contributed by atoms with Gasteiger partial charge in [-0.2, -0.15) is 0 Å². The highest BCUT2D eigenvalue weighted by Gasteiger charge is 2.18. The zero-order valence-corrected chi connectivity index (χ0v) is 31.8. The maximum absolute atomic E-state index is 2.41. The van der Waals surface area contributed by atoms with Gasteiger partial charge >= 0.3 is 0 Å². The van der Waals surface area contributed by atoms with Crippen molar-refractivity contribution in [2.24, 2.45) is 0 Å². The van der Waals surface area contributed by atoms with Crippen molar-refractivity contribution in [1.29, 1.82) is 0 Å². The van der Waals surface area contributed by atoms with E-state index in [1.165, 1.54) is 71.2 Å². The number of para-hydroxylation sites is 3. The Morgan fingerprint density at radius 1 is 0.276 bits per heavy atom. The Balaban J connectivity index is 1.06. The summed E-state index contributed by atoms with van der Waals surface area (Å²) in [4.78, 5) is 2.39. The van der Waals surface area contributed by atoms with Gasteiger partial charge in [0.15, 0.2) is 0 Å². The highest BCUT2D eigenvalue weighted by Crippen LogP contribution is 2.42. The van der Waals surface area contributed by atoms with Crippen molar-refractivity contribution in [2.45, 2.75) is 0 Å². The first-order valence-electron chi connectivity index (χ1n) is 19.9. The van der Waals surface area contributed by atoms with Crippen LogP contribution in [0, 0.1) is 0 Å². The van der Waals surface area contributed by atoms with Gasteiger partial charge in [0.25, 0.3) is 0 Å². The van der Waals surface area contributed by atoms with Gasteiger partial charge in [-0.1, -0.05) is 170 Å². The number of aromatic nitrogens is 1. The van der Waals surface area contributed by atoms with Crippen LogP contribution in [-0.4, -0.2) is 4.57 Å². The molecule has 10 aromatic carbocycles. The fraction of sp³-hybridized carbons (Fsp3) is 0. The van der Waals surface area contributed by atoms with E-state index in [9.17, 15) is 0 Å². The lowest BCUT2D eigenvalue weighted by Crippen LogP contribution is -2.10. The minimum Gasteiger partial charge on any atom is -0.310 e. The number of hydrogen-bond donors (Lipinski definition) is 0. The molecular formula is C56H38N2. The molecule has 2 heteroatoms. The number of rotatable bonds is 7. The Kier molecular flexibility index (Phi) is 8.19. The molecule has 1 heterocycles. The zero-order chi connectivity index (χ0) is 38.4. The van der Waals surface area contributed by atoms with Crippen LogP contribution < -0.4 is 4.90 Å². The SMILES string of the molecule is c1ccc(-c2cccc(N(c3ccc(-c4ccccc4-n4c5ccccc5c5ccccc54)cc3)c3cccc(-c4cc5ccccc5c5ccccc45)c3)c2)cc1. The maximum atomic E-state index is 2.41.